The fraction of sp³-hybridized carbons (Fsp3) is 0.556. The number of fused-ring (bicyclic) bond motifs is 1. The van der Waals surface area contributed by atoms with Crippen molar-refractivity contribution in [1.29, 1.82) is 0 Å². The van der Waals surface area contributed by atoms with Crippen molar-refractivity contribution in [2.45, 2.75) is 63.5 Å². The highest BCUT2D eigenvalue weighted by Crippen LogP contribution is 2.41. The highest BCUT2D eigenvalue weighted by molar-refractivity contribution is 5.38. The monoisotopic (exact) mass is 255 g/mol. The minimum absolute atomic E-state index is 0.335. The van der Waals surface area contributed by atoms with Gasteiger partial charge in [-0.3, -0.25) is 0 Å². The summed E-state index contributed by atoms with van der Waals surface area (Å²) in [5.41, 5.74) is 3.42. The number of hydrogen-bond acceptors (Lipinski definition) is 1. The second-order valence-electron chi connectivity index (χ2n) is 6.71. The summed E-state index contributed by atoms with van der Waals surface area (Å²) in [6, 6.07) is 10.3. The van der Waals surface area contributed by atoms with Gasteiger partial charge in [-0.25, -0.2) is 0 Å². The predicted octanol–water partition coefficient (Wildman–Crippen LogP) is 4.50. The van der Waals surface area contributed by atoms with Gasteiger partial charge in [-0.15, -0.1) is 0 Å². The Balaban J connectivity index is 1.82. The minimum Gasteiger partial charge on any atom is -0.307 e. The van der Waals surface area contributed by atoms with Crippen LogP contribution in [0.15, 0.2) is 36.4 Å². The number of allylic oxidation sites excluding steroid dienone is 1. The molecule has 19 heavy (non-hydrogen) atoms. The molecule has 0 heterocycles. The summed E-state index contributed by atoms with van der Waals surface area (Å²) in [6.45, 7) is 4.76. The van der Waals surface area contributed by atoms with Crippen molar-refractivity contribution in [2.24, 2.45) is 0 Å². The molecule has 0 bridgehead atoms. The van der Waals surface area contributed by atoms with Crippen LogP contribution in [0.1, 0.15) is 63.1 Å². The SMILES string of the molecule is CC1(C)CCC(NC2CC=CCC2)c2ccccc21. The van der Waals surface area contributed by atoms with Crippen LogP contribution in [0, 0.1) is 0 Å². The summed E-state index contributed by atoms with van der Waals surface area (Å²) in [5.74, 6) is 0. The first-order valence-corrected chi connectivity index (χ1v) is 7.67. The van der Waals surface area contributed by atoms with Gasteiger partial charge < -0.3 is 5.32 Å². The van der Waals surface area contributed by atoms with Gasteiger partial charge in [0.15, 0.2) is 0 Å². The highest BCUT2D eigenvalue weighted by Gasteiger charge is 2.32. The average Bonchev–Trinajstić information content (AvgIpc) is 2.44. The first-order chi connectivity index (χ1) is 9.17. The van der Waals surface area contributed by atoms with E-state index < -0.39 is 0 Å². The van der Waals surface area contributed by atoms with E-state index in [2.05, 4.69) is 55.6 Å². The van der Waals surface area contributed by atoms with Gasteiger partial charge in [0.25, 0.3) is 0 Å². The van der Waals surface area contributed by atoms with Crippen LogP contribution in [-0.2, 0) is 5.41 Å². The Labute approximate surface area is 117 Å². The molecule has 0 saturated carbocycles. The summed E-state index contributed by atoms with van der Waals surface area (Å²) < 4.78 is 0. The van der Waals surface area contributed by atoms with E-state index in [0.29, 0.717) is 17.5 Å². The summed E-state index contributed by atoms with van der Waals surface area (Å²) in [4.78, 5) is 0. The Morgan fingerprint density at radius 3 is 2.74 bits per heavy atom. The van der Waals surface area contributed by atoms with Crippen LogP contribution in [0.2, 0.25) is 0 Å². The van der Waals surface area contributed by atoms with Gasteiger partial charge in [-0.2, -0.15) is 0 Å². The first-order valence-electron chi connectivity index (χ1n) is 7.67. The van der Waals surface area contributed by atoms with Crippen molar-refractivity contribution in [1.82, 2.24) is 5.32 Å². The molecule has 1 nitrogen and oxygen atoms in total. The maximum absolute atomic E-state index is 3.90. The lowest BCUT2D eigenvalue weighted by Crippen LogP contribution is -2.38. The molecule has 0 fully saturated rings. The van der Waals surface area contributed by atoms with E-state index in [-0.39, 0.29) is 0 Å². The quantitative estimate of drug-likeness (QED) is 0.767. The molecule has 0 amide bonds. The lowest BCUT2D eigenvalue weighted by molar-refractivity contribution is 0.323. The normalized spacial score (nSPS) is 28.9. The fourth-order valence-corrected chi connectivity index (χ4v) is 3.62. The predicted molar refractivity (Wildman–Crippen MR) is 81.4 cm³/mol. The molecule has 1 N–H and O–H groups in total. The molecule has 0 aromatic heterocycles. The Hall–Kier alpha value is -1.08. The molecule has 2 unspecified atom stereocenters. The lowest BCUT2D eigenvalue weighted by Gasteiger charge is -2.39. The molecule has 0 aliphatic heterocycles. The van der Waals surface area contributed by atoms with Crippen LogP contribution in [-0.4, -0.2) is 6.04 Å². The van der Waals surface area contributed by atoms with Gasteiger partial charge >= 0.3 is 0 Å². The van der Waals surface area contributed by atoms with E-state index in [1.165, 1.54) is 37.7 Å². The van der Waals surface area contributed by atoms with Crippen LogP contribution in [0.4, 0.5) is 0 Å². The molecule has 0 saturated heterocycles. The second-order valence-corrected chi connectivity index (χ2v) is 6.71. The van der Waals surface area contributed by atoms with Gasteiger partial charge in [-0.05, 0) is 48.6 Å². The smallest absolute Gasteiger partial charge is 0.0326 e. The highest BCUT2D eigenvalue weighted by atomic mass is 15.0. The average molecular weight is 255 g/mol. The first kappa shape index (κ1) is 12.9. The van der Waals surface area contributed by atoms with Gasteiger partial charge in [-0.1, -0.05) is 50.3 Å². The molecule has 2 aliphatic rings. The number of benzene rings is 1. The topological polar surface area (TPSA) is 12.0 Å². The molecular formula is C18H25N. The van der Waals surface area contributed by atoms with Crippen molar-refractivity contribution in [3.63, 3.8) is 0 Å². The van der Waals surface area contributed by atoms with Crippen molar-refractivity contribution in [2.75, 3.05) is 0 Å². The number of rotatable bonds is 2. The van der Waals surface area contributed by atoms with Crippen molar-refractivity contribution < 1.29 is 0 Å². The molecule has 1 heteroatoms. The summed E-state index contributed by atoms with van der Waals surface area (Å²) >= 11 is 0. The Bertz CT molecular complexity index is 472. The minimum atomic E-state index is 0.335. The molecular weight excluding hydrogens is 230 g/mol. The van der Waals surface area contributed by atoms with Crippen LogP contribution < -0.4 is 5.32 Å². The van der Waals surface area contributed by atoms with E-state index in [9.17, 15) is 0 Å². The standard InChI is InChI=1S/C18H25N/c1-18(2)13-12-17(15-10-6-7-11-16(15)18)19-14-8-4-3-5-9-14/h3-4,6-7,10-11,14,17,19H,5,8-9,12-13H2,1-2H3. The molecule has 102 valence electrons. The second kappa shape index (κ2) is 5.13. The summed E-state index contributed by atoms with van der Waals surface area (Å²) in [6.07, 6.45) is 10.9. The molecule has 0 radical (unpaired) electrons. The Kier molecular flexibility index (Phi) is 3.49. The van der Waals surface area contributed by atoms with Crippen molar-refractivity contribution >= 4 is 0 Å². The van der Waals surface area contributed by atoms with Crippen molar-refractivity contribution in [3.8, 4) is 0 Å². The van der Waals surface area contributed by atoms with Crippen LogP contribution >= 0.6 is 0 Å². The Morgan fingerprint density at radius 2 is 1.95 bits per heavy atom. The molecule has 3 rings (SSSR count). The van der Waals surface area contributed by atoms with Crippen LogP contribution in [0.25, 0.3) is 0 Å². The largest absolute Gasteiger partial charge is 0.307 e. The fourth-order valence-electron chi connectivity index (χ4n) is 3.62. The van der Waals surface area contributed by atoms with Gasteiger partial charge in [0.05, 0.1) is 0 Å². The van der Waals surface area contributed by atoms with E-state index in [4.69, 9.17) is 0 Å². The van der Waals surface area contributed by atoms with Crippen LogP contribution in [0.3, 0.4) is 0 Å². The van der Waals surface area contributed by atoms with Crippen LogP contribution in [0.5, 0.6) is 0 Å². The number of hydrogen-bond donors (Lipinski definition) is 1. The number of nitrogens with one attached hydrogen (secondary N) is 1. The maximum Gasteiger partial charge on any atom is 0.0326 e. The van der Waals surface area contributed by atoms with E-state index in [1.807, 2.05) is 0 Å². The summed E-state index contributed by atoms with van der Waals surface area (Å²) in [5, 5.41) is 3.90. The van der Waals surface area contributed by atoms with Gasteiger partial charge in [0.2, 0.25) is 0 Å². The maximum atomic E-state index is 3.90. The Morgan fingerprint density at radius 1 is 1.11 bits per heavy atom. The zero-order valence-electron chi connectivity index (χ0n) is 12.2. The van der Waals surface area contributed by atoms with E-state index in [1.54, 1.807) is 5.56 Å². The lowest BCUT2D eigenvalue weighted by atomic mass is 9.71. The molecule has 1 aromatic carbocycles. The third kappa shape index (κ3) is 2.62. The van der Waals surface area contributed by atoms with E-state index in [0.717, 1.165) is 0 Å². The van der Waals surface area contributed by atoms with E-state index >= 15 is 0 Å². The molecule has 1 aromatic rings. The summed E-state index contributed by atoms with van der Waals surface area (Å²) in [7, 11) is 0. The third-order valence-electron chi connectivity index (χ3n) is 4.83. The molecule has 2 atom stereocenters. The van der Waals surface area contributed by atoms with Gasteiger partial charge in [0.1, 0.15) is 0 Å². The third-order valence-corrected chi connectivity index (χ3v) is 4.83. The zero-order chi connectivity index (χ0) is 13.3. The van der Waals surface area contributed by atoms with Gasteiger partial charge in [0, 0.05) is 12.1 Å². The molecule has 0 spiro atoms. The molecule has 2 aliphatic carbocycles. The van der Waals surface area contributed by atoms with Crippen molar-refractivity contribution in [3.05, 3.63) is 47.5 Å². The zero-order valence-corrected chi connectivity index (χ0v) is 12.2.